The van der Waals surface area contributed by atoms with Gasteiger partial charge in [-0.15, -0.1) is 0 Å². The van der Waals surface area contributed by atoms with Gasteiger partial charge in [-0.25, -0.2) is 4.79 Å². The second kappa shape index (κ2) is 17.8. The maximum atomic E-state index is 14.9. The summed E-state index contributed by atoms with van der Waals surface area (Å²) in [7, 11) is -4.78. The molecule has 52 heavy (non-hydrogen) atoms. The molecule has 0 aromatic heterocycles. The van der Waals surface area contributed by atoms with Gasteiger partial charge in [0.1, 0.15) is 22.8 Å². The van der Waals surface area contributed by atoms with Crippen LogP contribution in [0.2, 0.25) is 36.3 Å². The van der Waals surface area contributed by atoms with Crippen LogP contribution in [0.25, 0.3) is 21.5 Å². The number of carbonyl (C=O) groups excluding carboxylic acids is 1. The lowest BCUT2D eigenvalue weighted by atomic mass is 10.0. The predicted octanol–water partition coefficient (Wildman–Crippen LogP) is 14.1. The van der Waals surface area contributed by atoms with Gasteiger partial charge < -0.3 is 13.6 Å². The molecule has 6 heteroatoms. The molecule has 0 saturated heterocycles. The quantitative estimate of drug-likeness (QED) is 0.0579. The number of hydrogen-bond acceptors (Lipinski definition) is 4. The summed E-state index contributed by atoms with van der Waals surface area (Å²) >= 11 is 0. The first-order valence-corrected chi connectivity index (χ1v) is 25.1. The predicted molar refractivity (Wildman–Crippen MR) is 228 cm³/mol. The molecule has 0 fully saturated rings. The Hall–Kier alpha value is -3.10. The highest BCUT2D eigenvalue weighted by Crippen LogP contribution is 2.45. The van der Waals surface area contributed by atoms with Crippen molar-refractivity contribution >= 4 is 44.1 Å². The van der Waals surface area contributed by atoms with E-state index in [4.69, 9.17) is 13.6 Å². The molecule has 4 rings (SSSR count). The van der Waals surface area contributed by atoms with E-state index < -0.39 is 22.6 Å². The molecule has 0 amide bonds. The molecule has 0 aliphatic rings. The number of hydrogen-bond donors (Lipinski definition) is 0. The number of carbonyl (C=O) groups is 1. The van der Waals surface area contributed by atoms with E-state index in [0.717, 1.165) is 69.1 Å². The fourth-order valence-corrected chi connectivity index (χ4v) is 20.6. The summed E-state index contributed by atoms with van der Waals surface area (Å²) in [5.74, 6) is 4.56. The number of benzene rings is 4. The van der Waals surface area contributed by atoms with Crippen molar-refractivity contribution in [1.29, 1.82) is 0 Å². The van der Waals surface area contributed by atoms with Crippen molar-refractivity contribution in [2.45, 2.75) is 126 Å². The molecular formula is C46H68O4Si2. The monoisotopic (exact) mass is 740 g/mol. The molecule has 4 aromatic rings. The van der Waals surface area contributed by atoms with Crippen LogP contribution >= 0.6 is 0 Å². The van der Waals surface area contributed by atoms with Crippen molar-refractivity contribution in [1.82, 2.24) is 0 Å². The summed E-state index contributed by atoms with van der Waals surface area (Å²) in [6.07, 6.45) is 0. The van der Waals surface area contributed by atoms with Gasteiger partial charge in [-0.05, 0) is 102 Å². The molecule has 0 bridgehead atoms. The average Bonchev–Trinajstić information content (AvgIpc) is 3.00. The molecule has 4 aromatic carbocycles. The highest BCUT2D eigenvalue weighted by atomic mass is 28.4. The molecule has 0 aliphatic carbocycles. The standard InChI is InChI=1S/C46H68O4Si2/c1-31(2)25-51(26-32(3)4,27-33(5)6)49-44-24-42(46(47)48-43-20-16-18-38-17-14-15-19-39(38)43)45(40-22-21-37(13)23-41(40)44)50-52(28-34(7)8,29-35(9)10)30-36(11)12/h14-24,31-36H,25-30H2,1-13H3. The highest BCUT2D eigenvalue weighted by Gasteiger charge is 2.42. The Bertz CT molecular complexity index is 1730. The summed E-state index contributed by atoms with van der Waals surface area (Å²) < 4.78 is 21.6. The van der Waals surface area contributed by atoms with Crippen molar-refractivity contribution < 1.29 is 18.4 Å². The maximum absolute atomic E-state index is 14.9. The first kappa shape index (κ1) is 41.7. The van der Waals surface area contributed by atoms with E-state index in [1.165, 1.54) is 0 Å². The third-order valence-corrected chi connectivity index (χ3v) is 20.4. The Kier molecular flexibility index (Phi) is 14.3. The second-order valence-electron chi connectivity index (χ2n) is 18.3. The van der Waals surface area contributed by atoms with E-state index >= 15 is 0 Å². The number of fused-ring (bicyclic) bond motifs is 2. The van der Waals surface area contributed by atoms with Crippen LogP contribution in [0.4, 0.5) is 0 Å². The molecule has 0 N–H and O–H groups in total. The van der Waals surface area contributed by atoms with E-state index in [9.17, 15) is 4.79 Å². The van der Waals surface area contributed by atoms with Gasteiger partial charge in [-0.1, -0.05) is 137 Å². The number of aryl methyl sites for hydroxylation is 1. The van der Waals surface area contributed by atoms with Crippen LogP contribution in [0.1, 0.15) is 99.0 Å². The summed E-state index contributed by atoms with van der Waals surface area (Å²) in [5, 5.41) is 3.93. The van der Waals surface area contributed by atoms with Crippen molar-refractivity contribution in [3.8, 4) is 17.2 Å². The van der Waals surface area contributed by atoms with Gasteiger partial charge in [0.25, 0.3) is 16.6 Å². The van der Waals surface area contributed by atoms with Gasteiger partial charge in [0.15, 0.2) is 0 Å². The Morgan fingerprint density at radius 3 is 1.52 bits per heavy atom. The minimum Gasteiger partial charge on any atom is -0.543 e. The Morgan fingerprint density at radius 2 is 1.00 bits per heavy atom. The van der Waals surface area contributed by atoms with E-state index in [-0.39, 0.29) is 0 Å². The molecule has 284 valence electrons. The first-order chi connectivity index (χ1) is 24.4. The number of ether oxygens (including phenoxy) is 1. The van der Waals surface area contributed by atoms with Gasteiger partial charge in [0.05, 0.1) is 0 Å². The molecule has 0 saturated carbocycles. The largest absolute Gasteiger partial charge is 0.543 e. The van der Waals surface area contributed by atoms with Crippen LogP contribution < -0.4 is 13.6 Å². The molecule has 4 nitrogen and oxygen atoms in total. The van der Waals surface area contributed by atoms with Gasteiger partial charge in [-0.2, -0.15) is 0 Å². The van der Waals surface area contributed by atoms with E-state index in [0.29, 0.717) is 52.6 Å². The zero-order valence-electron chi connectivity index (χ0n) is 34.7. The van der Waals surface area contributed by atoms with E-state index in [1.807, 2.05) is 36.4 Å². The third-order valence-electron chi connectivity index (χ3n) is 9.70. The van der Waals surface area contributed by atoms with Crippen molar-refractivity contribution in [2.75, 3.05) is 0 Å². The van der Waals surface area contributed by atoms with E-state index in [1.54, 1.807) is 0 Å². The fourth-order valence-electron chi connectivity index (χ4n) is 8.93. The van der Waals surface area contributed by atoms with Gasteiger partial charge in [0, 0.05) is 16.2 Å². The van der Waals surface area contributed by atoms with Gasteiger partial charge in [-0.3, -0.25) is 0 Å². The summed E-state index contributed by atoms with van der Waals surface area (Å²) in [5.41, 5.74) is 1.63. The molecule has 0 radical (unpaired) electrons. The van der Waals surface area contributed by atoms with Crippen LogP contribution in [0.15, 0.2) is 66.7 Å². The van der Waals surface area contributed by atoms with Gasteiger partial charge >= 0.3 is 5.97 Å². The summed E-state index contributed by atoms with van der Waals surface area (Å²) in [6, 6.07) is 28.8. The maximum Gasteiger partial charge on any atom is 0.347 e. The molecule has 0 aliphatic heterocycles. The summed E-state index contributed by atoms with van der Waals surface area (Å²) in [6.45, 7) is 29.9. The van der Waals surface area contributed by atoms with Crippen LogP contribution in [0, 0.1) is 42.4 Å². The lowest BCUT2D eigenvalue weighted by Gasteiger charge is -2.39. The number of esters is 1. The second-order valence-corrected chi connectivity index (χ2v) is 25.9. The number of rotatable bonds is 18. The highest BCUT2D eigenvalue weighted by molar-refractivity contribution is 6.75. The van der Waals surface area contributed by atoms with Crippen molar-refractivity contribution in [3.05, 3.63) is 77.9 Å². The Labute approximate surface area is 318 Å². The van der Waals surface area contributed by atoms with Crippen LogP contribution in [-0.4, -0.2) is 22.6 Å². The molecule has 0 heterocycles. The fraction of sp³-hybridized carbons (Fsp3) is 0.543. The Morgan fingerprint density at radius 1 is 0.519 bits per heavy atom. The molecule has 0 unspecified atom stereocenters. The van der Waals surface area contributed by atoms with Gasteiger partial charge in [0.2, 0.25) is 0 Å². The average molecular weight is 741 g/mol. The van der Waals surface area contributed by atoms with Crippen LogP contribution in [0.3, 0.4) is 0 Å². The Balaban J connectivity index is 2.05. The molecular weight excluding hydrogens is 673 g/mol. The topological polar surface area (TPSA) is 44.8 Å². The minimum absolute atomic E-state index is 0.399. The van der Waals surface area contributed by atoms with Crippen molar-refractivity contribution in [3.63, 3.8) is 0 Å². The van der Waals surface area contributed by atoms with Crippen LogP contribution in [0.5, 0.6) is 17.2 Å². The molecule has 0 spiro atoms. The lowest BCUT2D eigenvalue weighted by Crippen LogP contribution is -2.46. The van der Waals surface area contributed by atoms with Crippen LogP contribution in [-0.2, 0) is 0 Å². The first-order valence-electron chi connectivity index (χ1n) is 20.1. The zero-order chi connectivity index (χ0) is 38.4. The van der Waals surface area contributed by atoms with Crippen molar-refractivity contribution in [2.24, 2.45) is 35.5 Å². The normalized spacial score (nSPS) is 12.8. The smallest absolute Gasteiger partial charge is 0.347 e. The minimum atomic E-state index is -2.44. The summed E-state index contributed by atoms with van der Waals surface area (Å²) in [4.78, 5) is 14.9. The SMILES string of the molecule is Cc1ccc2c(O[Si](CC(C)C)(CC(C)C)CC(C)C)c(C(=O)Oc3cccc4ccccc34)cc(O[Si](CC(C)C)(CC(C)C)CC(C)C)c2c1. The lowest BCUT2D eigenvalue weighted by molar-refractivity contribution is 0.0735. The third kappa shape index (κ3) is 11.0. The zero-order valence-corrected chi connectivity index (χ0v) is 36.7. The van der Waals surface area contributed by atoms with E-state index in [2.05, 4.69) is 120 Å². The molecule has 0 atom stereocenters.